The number of allylic oxidation sites excluding steroid dienone is 2. The van der Waals surface area contributed by atoms with Gasteiger partial charge in [0, 0.05) is 6.42 Å². The van der Waals surface area contributed by atoms with Gasteiger partial charge in [-0.2, -0.15) is 5.26 Å². The minimum atomic E-state index is 0.643. The van der Waals surface area contributed by atoms with Gasteiger partial charge in [-0.3, -0.25) is 0 Å². The molecule has 0 fully saturated rings. The fourth-order valence-corrected chi connectivity index (χ4v) is 0.315. The van der Waals surface area contributed by atoms with E-state index in [9.17, 15) is 0 Å². The second-order valence-electron chi connectivity index (χ2n) is 1.27. The molecule has 0 aliphatic rings. The van der Waals surface area contributed by atoms with Crippen LogP contribution in [0.2, 0.25) is 0 Å². The highest BCUT2D eigenvalue weighted by Crippen LogP contribution is 1.85. The summed E-state index contributed by atoms with van der Waals surface area (Å²) in [6.45, 7) is 1.96. The summed E-state index contributed by atoms with van der Waals surface area (Å²) in [4.78, 5) is 0. The van der Waals surface area contributed by atoms with Gasteiger partial charge >= 0.3 is 0 Å². The molecule has 0 spiro atoms. The van der Waals surface area contributed by atoms with Crippen LogP contribution in [-0.2, 0) is 0 Å². The van der Waals surface area contributed by atoms with Crippen molar-refractivity contribution in [3.63, 3.8) is 0 Å². The Bertz CT molecular complexity index is 86.8. The fraction of sp³-hybridized carbons (Fsp3) is 0.500. The zero-order valence-electron chi connectivity index (χ0n) is 4.52. The van der Waals surface area contributed by atoms with Crippen molar-refractivity contribution in [3.8, 4) is 6.07 Å². The Hall–Kier alpha value is -0.770. The molecule has 7 heavy (non-hydrogen) atoms. The van der Waals surface area contributed by atoms with Crippen molar-refractivity contribution in [3.05, 3.63) is 12.2 Å². The van der Waals surface area contributed by atoms with Gasteiger partial charge in [-0.15, -0.1) is 0 Å². The zero-order valence-corrected chi connectivity index (χ0v) is 4.52. The van der Waals surface area contributed by atoms with E-state index in [0.717, 1.165) is 6.42 Å². The Morgan fingerprint density at radius 3 is 2.86 bits per heavy atom. The molecule has 0 amide bonds. The minimum Gasteiger partial charge on any atom is -0.198 e. The molecule has 0 saturated heterocycles. The number of hydrogen-bond acceptors (Lipinski definition) is 1. The summed E-state index contributed by atoms with van der Waals surface area (Å²) in [5.74, 6) is 0. The predicted molar refractivity (Wildman–Crippen MR) is 29.7 cm³/mol. The summed E-state index contributed by atoms with van der Waals surface area (Å²) < 4.78 is 0. The van der Waals surface area contributed by atoms with E-state index in [1.54, 1.807) is 0 Å². The van der Waals surface area contributed by atoms with Crippen molar-refractivity contribution < 1.29 is 0 Å². The van der Waals surface area contributed by atoms with Crippen molar-refractivity contribution in [1.82, 2.24) is 0 Å². The first-order valence-electron chi connectivity index (χ1n) is 2.40. The lowest BCUT2D eigenvalue weighted by molar-refractivity contribution is 1.06. The summed E-state index contributed by atoms with van der Waals surface area (Å²) in [6, 6.07) is 2.05. The Morgan fingerprint density at radius 1 is 1.71 bits per heavy atom. The maximum absolute atomic E-state index is 8.01. The van der Waals surface area contributed by atoms with Crippen LogP contribution in [0.25, 0.3) is 0 Å². The number of rotatable bonds is 2. The molecule has 0 atom stereocenters. The monoisotopic (exact) mass is 95.1 g/mol. The lowest BCUT2D eigenvalue weighted by Gasteiger charge is -1.74. The highest BCUT2D eigenvalue weighted by molar-refractivity contribution is 4.82. The second-order valence-corrected chi connectivity index (χ2v) is 1.27. The molecule has 38 valence electrons. The van der Waals surface area contributed by atoms with Gasteiger partial charge in [-0.1, -0.05) is 12.2 Å². The van der Waals surface area contributed by atoms with E-state index in [2.05, 4.69) is 6.07 Å². The average Bonchev–Trinajstić information content (AvgIpc) is 1.69. The van der Waals surface area contributed by atoms with Crippen molar-refractivity contribution in [2.75, 3.05) is 0 Å². The second kappa shape index (κ2) is 5.23. The molecule has 0 saturated carbocycles. The van der Waals surface area contributed by atoms with E-state index in [4.69, 9.17) is 5.26 Å². The molecule has 0 heterocycles. The zero-order chi connectivity index (χ0) is 5.54. The quantitative estimate of drug-likeness (QED) is 0.379. The maximum atomic E-state index is 8.01. The first kappa shape index (κ1) is 6.23. The highest BCUT2D eigenvalue weighted by Gasteiger charge is 1.71. The molecule has 0 aromatic heterocycles. The van der Waals surface area contributed by atoms with Crippen molar-refractivity contribution in [2.24, 2.45) is 0 Å². The number of unbranched alkanes of at least 4 members (excludes halogenated alkanes) is 1. The number of hydrogen-bond donors (Lipinski definition) is 0. The molecule has 1 heteroatoms. The van der Waals surface area contributed by atoms with E-state index in [-0.39, 0.29) is 0 Å². The molecule has 0 radical (unpaired) electrons. The van der Waals surface area contributed by atoms with Crippen LogP contribution in [0.1, 0.15) is 19.8 Å². The SMILES string of the molecule is C/C=C\CCC#N. The summed E-state index contributed by atoms with van der Waals surface area (Å²) >= 11 is 0. The summed E-state index contributed by atoms with van der Waals surface area (Å²) in [5, 5.41) is 8.01. The topological polar surface area (TPSA) is 23.8 Å². The van der Waals surface area contributed by atoms with Crippen LogP contribution in [0.3, 0.4) is 0 Å². The molecular formula is C6H9N. The molecule has 0 rings (SSSR count). The van der Waals surface area contributed by atoms with E-state index >= 15 is 0 Å². The first-order valence-corrected chi connectivity index (χ1v) is 2.40. The third-order valence-electron chi connectivity index (χ3n) is 0.659. The van der Waals surface area contributed by atoms with Crippen molar-refractivity contribution >= 4 is 0 Å². The number of nitriles is 1. The van der Waals surface area contributed by atoms with Crippen molar-refractivity contribution in [1.29, 1.82) is 5.26 Å². The summed E-state index contributed by atoms with van der Waals surface area (Å²) in [7, 11) is 0. The van der Waals surface area contributed by atoms with E-state index in [0.29, 0.717) is 6.42 Å². The van der Waals surface area contributed by atoms with Gasteiger partial charge in [0.25, 0.3) is 0 Å². The Kier molecular flexibility index (Phi) is 4.65. The minimum absolute atomic E-state index is 0.643. The molecular weight excluding hydrogens is 86.1 g/mol. The van der Waals surface area contributed by atoms with Crippen LogP contribution in [0.15, 0.2) is 12.2 Å². The highest BCUT2D eigenvalue weighted by atomic mass is 14.2. The largest absolute Gasteiger partial charge is 0.198 e. The molecule has 0 aromatic rings. The van der Waals surface area contributed by atoms with Crippen LogP contribution in [0.5, 0.6) is 0 Å². The third-order valence-corrected chi connectivity index (χ3v) is 0.659. The third kappa shape index (κ3) is 5.23. The standard InChI is InChI=1S/C6H9N/c1-2-3-4-5-6-7/h2-3H,4-5H2,1H3/b3-2-. The Labute approximate surface area is 44.3 Å². The van der Waals surface area contributed by atoms with Gasteiger partial charge in [0.1, 0.15) is 0 Å². The van der Waals surface area contributed by atoms with E-state index in [1.165, 1.54) is 0 Å². The molecule has 0 bridgehead atoms. The number of nitrogens with zero attached hydrogens (tertiary/aromatic N) is 1. The lowest BCUT2D eigenvalue weighted by atomic mass is 10.3. The van der Waals surface area contributed by atoms with Crippen LogP contribution >= 0.6 is 0 Å². The predicted octanol–water partition coefficient (Wildman–Crippen LogP) is 1.87. The van der Waals surface area contributed by atoms with Crippen LogP contribution in [0, 0.1) is 11.3 Å². The summed E-state index contributed by atoms with van der Waals surface area (Å²) in [5.41, 5.74) is 0. The van der Waals surface area contributed by atoms with Gasteiger partial charge in [0.05, 0.1) is 6.07 Å². The Morgan fingerprint density at radius 2 is 2.43 bits per heavy atom. The van der Waals surface area contributed by atoms with Gasteiger partial charge in [-0.05, 0) is 13.3 Å². The molecule has 0 N–H and O–H groups in total. The van der Waals surface area contributed by atoms with Gasteiger partial charge in [-0.25, -0.2) is 0 Å². The van der Waals surface area contributed by atoms with Crippen LogP contribution in [0.4, 0.5) is 0 Å². The average molecular weight is 95.1 g/mol. The van der Waals surface area contributed by atoms with Crippen molar-refractivity contribution in [2.45, 2.75) is 19.8 Å². The molecule has 0 aliphatic carbocycles. The van der Waals surface area contributed by atoms with Crippen LogP contribution in [-0.4, -0.2) is 0 Å². The smallest absolute Gasteiger partial charge is 0.0624 e. The molecule has 0 unspecified atom stereocenters. The van der Waals surface area contributed by atoms with Gasteiger partial charge in [0.2, 0.25) is 0 Å². The van der Waals surface area contributed by atoms with E-state index < -0.39 is 0 Å². The lowest BCUT2D eigenvalue weighted by Crippen LogP contribution is -1.59. The fourth-order valence-electron chi connectivity index (χ4n) is 0.315. The molecule has 1 nitrogen and oxygen atoms in total. The van der Waals surface area contributed by atoms with Gasteiger partial charge in [0.15, 0.2) is 0 Å². The maximum Gasteiger partial charge on any atom is 0.0624 e. The van der Waals surface area contributed by atoms with Gasteiger partial charge < -0.3 is 0 Å². The van der Waals surface area contributed by atoms with Crippen LogP contribution < -0.4 is 0 Å². The summed E-state index contributed by atoms with van der Waals surface area (Å²) in [6.07, 6.45) is 5.48. The van der Waals surface area contributed by atoms with E-state index in [1.807, 2.05) is 19.1 Å². The first-order chi connectivity index (χ1) is 3.41. The molecule has 0 aliphatic heterocycles. The molecule has 0 aromatic carbocycles. The Balaban J connectivity index is 2.87. The normalized spacial score (nSPS) is 9.14.